The minimum Gasteiger partial charge on any atom is -0.480 e. The smallest absolute Gasteiger partial charge is 0.337 e. The van der Waals surface area contributed by atoms with Crippen LogP contribution in [0.5, 0.6) is 0 Å². The van der Waals surface area contributed by atoms with Crippen molar-refractivity contribution in [3.05, 3.63) is 65.5 Å². The first-order chi connectivity index (χ1) is 25.6. The van der Waals surface area contributed by atoms with Crippen LogP contribution in [0.2, 0.25) is 0 Å². The van der Waals surface area contributed by atoms with Crippen LogP contribution in [0.15, 0.2) is 48.7 Å². The Labute approximate surface area is 309 Å². The molecule has 0 spiro atoms. The topological polar surface area (TPSA) is 316 Å². The number of carbonyl (C=O) groups excluding carboxylic acids is 3. The Balaban J connectivity index is 1.23. The average Bonchev–Trinajstić information content (AvgIpc) is 3.13. The molecule has 4 rings (SSSR count). The van der Waals surface area contributed by atoms with Crippen molar-refractivity contribution in [1.82, 2.24) is 30.6 Å². The van der Waals surface area contributed by atoms with Crippen LogP contribution in [0.3, 0.4) is 0 Å². The molecule has 54 heavy (non-hydrogen) atoms. The van der Waals surface area contributed by atoms with E-state index in [1.54, 1.807) is 38.1 Å². The number of anilines is 5. The van der Waals surface area contributed by atoms with E-state index in [1.165, 1.54) is 31.3 Å². The van der Waals surface area contributed by atoms with E-state index in [4.69, 9.17) is 17.2 Å². The van der Waals surface area contributed by atoms with Crippen molar-refractivity contribution in [2.24, 2.45) is 11.7 Å². The number of hydrogen-bond acceptors (Lipinski definition) is 14. The number of aliphatic carboxylic acids is 1. The van der Waals surface area contributed by atoms with Crippen molar-refractivity contribution in [1.29, 1.82) is 0 Å². The van der Waals surface area contributed by atoms with Gasteiger partial charge in [0.25, 0.3) is 5.91 Å². The zero-order chi connectivity index (χ0) is 39.5. The molecule has 0 aliphatic rings. The second-order valence-corrected chi connectivity index (χ2v) is 12.8. The molecule has 0 bridgehead atoms. The zero-order valence-electron chi connectivity index (χ0n) is 29.9. The molecule has 0 saturated heterocycles. The van der Waals surface area contributed by atoms with Gasteiger partial charge in [0.2, 0.25) is 17.8 Å². The van der Waals surface area contributed by atoms with E-state index in [0.29, 0.717) is 42.0 Å². The van der Waals surface area contributed by atoms with Gasteiger partial charge in [0, 0.05) is 29.2 Å². The van der Waals surface area contributed by atoms with Gasteiger partial charge in [-0.3, -0.25) is 14.4 Å². The summed E-state index contributed by atoms with van der Waals surface area (Å²) in [4.78, 5) is 78.1. The first-order valence-electron chi connectivity index (χ1n) is 17.0. The van der Waals surface area contributed by atoms with Gasteiger partial charge in [-0.2, -0.15) is 9.97 Å². The van der Waals surface area contributed by atoms with Gasteiger partial charge < -0.3 is 54.0 Å². The molecule has 3 unspecified atom stereocenters. The number of carboxylic acid groups (broad SMARTS) is 2. The predicted octanol–water partition coefficient (Wildman–Crippen LogP) is 1.79. The first-order valence-corrected chi connectivity index (χ1v) is 17.0. The Bertz CT molecular complexity index is 2010. The van der Waals surface area contributed by atoms with Crippen molar-refractivity contribution in [3.63, 3.8) is 0 Å². The average molecular weight is 745 g/mol. The molecule has 19 heteroatoms. The number of hydrogen-bond donors (Lipinski definition) is 10. The Hall–Kier alpha value is -6.63. The molecule has 0 radical (unpaired) electrons. The van der Waals surface area contributed by atoms with Crippen LogP contribution < -0.4 is 43.8 Å². The van der Waals surface area contributed by atoms with E-state index in [0.717, 1.165) is 0 Å². The summed E-state index contributed by atoms with van der Waals surface area (Å²) in [5, 5.41) is 33.4. The molecule has 4 aromatic rings. The zero-order valence-corrected chi connectivity index (χ0v) is 29.9. The lowest BCUT2D eigenvalue weighted by molar-refractivity contribution is -0.139. The van der Waals surface area contributed by atoms with E-state index < -0.39 is 47.8 Å². The number of carboxylic acids is 2. The molecule has 19 nitrogen and oxygen atoms in total. The number of nitrogen functional groups attached to an aromatic ring is 2. The number of benzene rings is 2. The summed E-state index contributed by atoms with van der Waals surface area (Å²) in [6.45, 7) is 5.64. The van der Waals surface area contributed by atoms with E-state index in [1.807, 2.05) is 0 Å². The number of nitrogens with one attached hydrogen (secondary N) is 5. The predicted molar refractivity (Wildman–Crippen MR) is 201 cm³/mol. The quantitative estimate of drug-likeness (QED) is 0.0649. The molecule has 2 heterocycles. The molecular weight excluding hydrogens is 700 g/mol. The number of aromatic nitrogens is 4. The molecular formula is C35H44N12O7. The number of aromatic carboxylic acids is 1. The van der Waals surface area contributed by atoms with Crippen LogP contribution in [0, 0.1) is 5.92 Å². The summed E-state index contributed by atoms with van der Waals surface area (Å²) in [5.41, 5.74) is 19.8. The number of amides is 3. The van der Waals surface area contributed by atoms with Gasteiger partial charge in [0.05, 0.1) is 30.0 Å². The second-order valence-electron chi connectivity index (χ2n) is 12.8. The summed E-state index contributed by atoms with van der Waals surface area (Å²) in [6, 6.07) is 7.90. The van der Waals surface area contributed by atoms with Gasteiger partial charge in [-0.1, -0.05) is 13.8 Å². The SMILES string of the molecule is CC(NC(=O)C(N)C(C)C)C(=O)Nc1ccc(NCCCCC(NC(=O)c2ccc(NCc3cnc4nc(N)nc(N)c4n3)cc2)C(=O)O)c(C(=O)O)c1. The van der Waals surface area contributed by atoms with E-state index in [-0.39, 0.29) is 53.1 Å². The standard InChI is InChI=1S/C35H44N12O7/c1-17(2)26(36)32(50)42-18(3)30(48)44-21-11-12-24(23(14-21)33(51)52)39-13-5-4-6-25(34(53)54)45-31(49)19-7-9-20(10-8-19)40-15-22-16-41-29-27(43-22)28(37)46-35(38)47-29/h7-12,14,16-18,25-26,39-40H,4-6,13,15,36H2,1-3H3,(H,42,50)(H,44,48)(H,45,49)(H,51,52)(H,53,54)(H4,37,38,41,46,47). The van der Waals surface area contributed by atoms with Crippen LogP contribution in [0.4, 0.5) is 28.8 Å². The van der Waals surface area contributed by atoms with Crippen LogP contribution >= 0.6 is 0 Å². The molecule has 0 fully saturated rings. The summed E-state index contributed by atoms with van der Waals surface area (Å²) in [6.07, 6.45) is 2.52. The summed E-state index contributed by atoms with van der Waals surface area (Å²) >= 11 is 0. The summed E-state index contributed by atoms with van der Waals surface area (Å²) in [7, 11) is 0. The van der Waals surface area contributed by atoms with Crippen LogP contribution in [0.25, 0.3) is 11.2 Å². The van der Waals surface area contributed by atoms with Gasteiger partial charge >= 0.3 is 11.9 Å². The second kappa shape index (κ2) is 18.2. The molecule has 0 aliphatic heterocycles. The Morgan fingerprint density at radius 1 is 0.833 bits per heavy atom. The molecule has 2 aromatic heterocycles. The normalized spacial score (nSPS) is 12.7. The monoisotopic (exact) mass is 744 g/mol. The number of carbonyl (C=O) groups is 5. The number of nitrogens with zero attached hydrogens (tertiary/aromatic N) is 4. The van der Waals surface area contributed by atoms with Gasteiger partial charge in [-0.05, 0) is 74.6 Å². The fraction of sp³-hybridized carbons (Fsp3) is 0.343. The van der Waals surface area contributed by atoms with Gasteiger partial charge in [0.1, 0.15) is 12.1 Å². The van der Waals surface area contributed by atoms with E-state index in [9.17, 15) is 34.2 Å². The molecule has 0 aliphatic carbocycles. The largest absolute Gasteiger partial charge is 0.480 e. The fourth-order valence-electron chi connectivity index (χ4n) is 5.08. The molecule has 3 atom stereocenters. The third-order valence-corrected chi connectivity index (χ3v) is 8.25. The van der Waals surface area contributed by atoms with Crippen molar-refractivity contribution in [3.8, 4) is 0 Å². The van der Waals surface area contributed by atoms with Gasteiger partial charge in [-0.25, -0.2) is 19.6 Å². The highest BCUT2D eigenvalue weighted by Gasteiger charge is 2.23. The van der Waals surface area contributed by atoms with Crippen LogP contribution in [-0.2, 0) is 20.9 Å². The highest BCUT2D eigenvalue weighted by molar-refractivity contribution is 6.00. The number of unbranched alkanes of at least 4 members (excludes halogenated alkanes) is 1. The lowest BCUT2D eigenvalue weighted by atomic mass is 10.0. The minimum absolute atomic E-state index is 0.000971. The van der Waals surface area contributed by atoms with Crippen molar-refractivity contribution < 1.29 is 34.2 Å². The summed E-state index contributed by atoms with van der Waals surface area (Å²) < 4.78 is 0. The first kappa shape index (κ1) is 40.1. The Kier molecular flexibility index (Phi) is 13.5. The Morgan fingerprint density at radius 3 is 2.20 bits per heavy atom. The lowest BCUT2D eigenvalue weighted by Gasteiger charge is -2.19. The minimum atomic E-state index is -1.23. The van der Waals surface area contributed by atoms with Crippen molar-refractivity contribution >= 4 is 69.7 Å². The van der Waals surface area contributed by atoms with Gasteiger partial charge in [0.15, 0.2) is 17.0 Å². The number of nitrogens with two attached hydrogens (primary N) is 3. The van der Waals surface area contributed by atoms with Crippen molar-refractivity contribution in [2.75, 3.05) is 34.0 Å². The van der Waals surface area contributed by atoms with Crippen LogP contribution in [0.1, 0.15) is 66.4 Å². The molecule has 3 amide bonds. The maximum atomic E-state index is 12.9. The lowest BCUT2D eigenvalue weighted by Crippen LogP contribution is -2.50. The maximum absolute atomic E-state index is 12.9. The van der Waals surface area contributed by atoms with Crippen LogP contribution in [-0.4, -0.2) is 84.5 Å². The third kappa shape index (κ3) is 10.9. The van der Waals surface area contributed by atoms with Gasteiger partial charge in [-0.15, -0.1) is 0 Å². The molecule has 0 saturated carbocycles. The summed E-state index contributed by atoms with van der Waals surface area (Å²) in [5.74, 6) is -4.02. The third-order valence-electron chi connectivity index (χ3n) is 8.25. The molecule has 13 N–H and O–H groups in total. The number of rotatable bonds is 18. The Morgan fingerprint density at radius 2 is 1.54 bits per heavy atom. The fourth-order valence-corrected chi connectivity index (χ4v) is 5.08. The van der Waals surface area contributed by atoms with E-state index >= 15 is 0 Å². The molecule has 286 valence electrons. The number of fused-ring (bicyclic) bond motifs is 1. The van der Waals surface area contributed by atoms with Crippen molar-refractivity contribution in [2.45, 2.75) is 64.7 Å². The van der Waals surface area contributed by atoms with E-state index in [2.05, 4.69) is 46.5 Å². The maximum Gasteiger partial charge on any atom is 0.337 e. The highest BCUT2D eigenvalue weighted by Crippen LogP contribution is 2.22. The molecule has 2 aromatic carbocycles. The highest BCUT2D eigenvalue weighted by atomic mass is 16.4.